The standard InChI is InChI=1S/C16H23BrN2O4S/c1-16(2,3)23-15(20)19-10-8-14(9-11-19)24(21,22)18-13-6-4-12(17)5-7-13/h4-7,14,18H,8-11H2,1-3H3. The number of benzene rings is 1. The highest BCUT2D eigenvalue weighted by atomic mass is 79.9. The first kappa shape index (κ1) is 19.1. The zero-order valence-corrected chi connectivity index (χ0v) is 16.5. The lowest BCUT2D eigenvalue weighted by Crippen LogP contribution is -2.45. The van der Waals surface area contributed by atoms with Gasteiger partial charge in [-0.05, 0) is 57.9 Å². The van der Waals surface area contributed by atoms with Gasteiger partial charge in [0.15, 0.2) is 0 Å². The maximum Gasteiger partial charge on any atom is 0.410 e. The van der Waals surface area contributed by atoms with Crippen molar-refractivity contribution in [3.63, 3.8) is 0 Å². The summed E-state index contributed by atoms with van der Waals surface area (Å²) in [4.78, 5) is 13.6. The minimum Gasteiger partial charge on any atom is -0.444 e. The molecular weight excluding hydrogens is 396 g/mol. The van der Waals surface area contributed by atoms with E-state index in [0.717, 1.165) is 4.47 Å². The number of carbonyl (C=O) groups is 1. The van der Waals surface area contributed by atoms with Crippen LogP contribution in [0.15, 0.2) is 28.7 Å². The van der Waals surface area contributed by atoms with Crippen LogP contribution in [0.25, 0.3) is 0 Å². The minimum absolute atomic E-state index is 0.376. The summed E-state index contributed by atoms with van der Waals surface area (Å²) in [7, 11) is -3.48. The highest BCUT2D eigenvalue weighted by molar-refractivity contribution is 9.10. The fourth-order valence-electron chi connectivity index (χ4n) is 2.44. The van der Waals surface area contributed by atoms with Gasteiger partial charge in [0, 0.05) is 23.2 Å². The monoisotopic (exact) mass is 418 g/mol. The summed E-state index contributed by atoms with van der Waals surface area (Å²) in [5.41, 5.74) is -0.0175. The molecule has 0 bridgehead atoms. The smallest absolute Gasteiger partial charge is 0.410 e. The summed E-state index contributed by atoms with van der Waals surface area (Å²) < 4.78 is 33.8. The van der Waals surface area contributed by atoms with E-state index in [1.165, 1.54) is 0 Å². The van der Waals surface area contributed by atoms with Crippen molar-refractivity contribution in [3.05, 3.63) is 28.7 Å². The average molecular weight is 419 g/mol. The molecule has 0 aliphatic carbocycles. The van der Waals surface area contributed by atoms with E-state index in [9.17, 15) is 13.2 Å². The van der Waals surface area contributed by atoms with E-state index in [0.29, 0.717) is 31.6 Å². The van der Waals surface area contributed by atoms with Crippen molar-refractivity contribution in [1.29, 1.82) is 0 Å². The zero-order valence-electron chi connectivity index (χ0n) is 14.1. The van der Waals surface area contributed by atoms with E-state index in [1.807, 2.05) is 20.8 Å². The van der Waals surface area contributed by atoms with Gasteiger partial charge >= 0.3 is 6.09 Å². The predicted molar refractivity (Wildman–Crippen MR) is 97.5 cm³/mol. The number of nitrogens with one attached hydrogen (secondary N) is 1. The number of ether oxygens (including phenoxy) is 1. The van der Waals surface area contributed by atoms with Gasteiger partial charge in [-0.25, -0.2) is 13.2 Å². The molecule has 1 fully saturated rings. The number of rotatable bonds is 3. The number of carbonyl (C=O) groups excluding carboxylic acids is 1. The average Bonchev–Trinajstić information content (AvgIpc) is 2.48. The Morgan fingerprint density at radius 3 is 2.25 bits per heavy atom. The molecule has 1 aliphatic heterocycles. The van der Waals surface area contributed by atoms with Gasteiger partial charge in [-0.1, -0.05) is 15.9 Å². The topological polar surface area (TPSA) is 75.7 Å². The normalized spacial score (nSPS) is 16.8. The van der Waals surface area contributed by atoms with Gasteiger partial charge in [-0.15, -0.1) is 0 Å². The van der Waals surface area contributed by atoms with Crippen LogP contribution in [-0.4, -0.2) is 43.4 Å². The van der Waals surface area contributed by atoms with Crippen molar-refractivity contribution in [1.82, 2.24) is 4.90 Å². The Morgan fingerprint density at radius 1 is 1.21 bits per heavy atom. The van der Waals surface area contributed by atoms with Crippen LogP contribution in [0.2, 0.25) is 0 Å². The van der Waals surface area contributed by atoms with Crippen LogP contribution in [0.5, 0.6) is 0 Å². The van der Waals surface area contributed by atoms with Crippen molar-refractivity contribution in [3.8, 4) is 0 Å². The Morgan fingerprint density at radius 2 is 1.75 bits per heavy atom. The highest BCUT2D eigenvalue weighted by Gasteiger charge is 2.33. The molecule has 0 spiro atoms. The second-order valence-electron chi connectivity index (χ2n) is 6.82. The number of anilines is 1. The Kier molecular flexibility index (Phi) is 5.80. The molecule has 2 rings (SSSR count). The molecule has 1 saturated heterocycles. The van der Waals surface area contributed by atoms with Crippen LogP contribution in [-0.2, 0) is 14.8 Å². The summed E-state index contributed by atoms with van der Waals surface area (Å²) in [6.45, 7) is 6.18. The molecule has 1 heterocycles. The van der Waals surface area contributed by atoms with Crippen molar-refractivity contribution >= 4 is 37.7 Å². The van der Waals surface area contributed by atoms with E-state index in [-0.39, 0.29) is 6.09 Å². The van der Waals surface area contributed by atoms with Gasteiger partial charge in [-0.3, -0.25) is 4.72 Å². The Hall–Kier alpha value is -1.28. The molecule has 24 heavy (non-hydrogen) atoms. The summed E-state index contributed by atoms with van der Waals surface area (Å²) >= 11 is 3.32. The second-order valence-corrected chi connectivity index (χ2v) is 9.70. The molecule has 0 aromatic heterocycles. The molecule has 1 aliphatic rings. The second kappa shape index (κ2) is 7.31. The first-order chi connectivity index (χ1) is 11.1. The molecule has 6 nitrogen and oxygen atoms in total. The van der Waals surface area contributed by atoms with Crippen LogP contribution in [0.4, 0.5) is 10.5 Å². The Bertz CT molecular complexity index is 675. The number of hydrogen-bond donors (Lipinski definition) is 1. The number of likely N-dealkylation sites (tertiary alicyclic amines) is 1. The number of piperidine rings is 1. The molecular formula is C16H23BrN2O4S. The van der Waals surface area contributed by atoms with E-state index >= 15 is 0 Å². The lowest BCUT2D eigenvalue weighted by Gasteiger charge is -2.33. The molecule has 1 aromatic carbocycles. The molecule has 0 saturated carbocycles. The summed E-state index contributed by atoms with van der Waals surface area (Å²) in [5.74, 6) is 0. The van der Waals surface area contributed by atoms with Crippen LogP contribution >= 0.6 is 15.9 Å². The summed E-state index contributed by atoms with van der Waals surface area (Å²) in [6, 6.07) is 6.97. The SMILES string of the molecule is CC(C)(C)OC(=O)N1CCC(S(=O)(=O)Nc2ccc(Br)cc2)CC1. The fourth-order valence-corrected chi connectivity index (χ4v) is 4.17. The number of hydrogen-bond acceptors (Lipinski definition) is 4. The number of nitrogens with zero attached hydrogens (tertiary/aromatic N) is 1. The third-order valence-corrected chi connectivity index (χ3v) is 6.03. The summed E-state index contributed by atoms with van der Waals surface area (Å²) in [6.07, 6.45) is 0.398. The van der Waals surface area contributed by atoms with Crippen molar-refractivity contribution < 1.29 is 17.9 Å². The molecule has 134 valence electrons. The fraction of sp³-hybridized carbons (Fsp3) is 0.562. The number of sulfonamides is 1. The van der Waals surface area contributed by atoms with Gasteiger partial charge in [0.25, 0.3) is 0 Å². The molecule has 1 amide bonds. The third kappa shape index (κ3) is 5.37. The van der Waals surface area contributed by atoms with Gasteiger partial charge in [0.05, 0.1) is 5.25 Å². The largest absolute Gasteiger partial charge is 0.444 e. The first-order valence-corrected chi connectivity index (χ1v) is 10.2. The molecule has 8 heteroatoms. The van der Waals surface area contributed by atoms with Gasteiger partial charge in [0.1, 0.15) is 5.60 Å². The van der Waals surface area contributed by atoms with Gasteiger partial charge in [-0.2, -0.15) is 0 Å². The molecule has 1 aromatic rings. The predicted octanol–water partition coefficient (Wildman–Crippen LogP) is 3.59. The Balaban J connectivity index is 1.93. The maximum atomic E-state index is 12.5. The van der Waals surface area contributed by atoms with Crippen LogP contribution in [0.3, 0.4) is 0 Å². The molecule has 0 radical (unpaired) electrons. The van der Waals surface area contributed by atoms with E-state index < -0.39 is 20.9 Å². The highest BCUT2D eigenvalue weighted by Crippen LogP contribution is 2.23. The van der Waals surface area contributed by atoms with Crippen molar-refractivity contribution in [2.24, 2.45) is 0 Å². The van der Waals surface area contributed by atoms with E-state index in [1.54, 1.807) is 29.2 Å². The minimum atomic E-state index is -3.48. The lowest BCUT2D eigenvalue weighted by molar-refractivity contribution is 0.0217. The van der Waals surface area contributed by atoms with Crippen molar-refractivity contribution in [2.45, 2.75) is 44.5 Å². The molecule has 0 unspecified atom stereocenters. The Labute approximate surface area is 151 Å². The van der Waals surface area contributed by atoms with Crippen LogP contribution in [0.1, 0.15) is 33.6 Å². The van der Waals surface area contributed by atoms with Gasteiger partial charge in [0.2, 0.25) is 10.0 Å². The zero-order chi connectivity index (χ0) is 18.0. The lowest BCUT2D eigenvalue weighted by atomic mass is 10.1. The number of halogens is 1. The van der Waals surface area contributed by atoms with E-state index in [4.69, 9.17) is 4.74 Å². The van der Waals surface area contributed by atoms with E-state index in [2.05, 4.69) is 20.7 Å². The molecule has 1 N–H and O–H groups in total. The third-order valence-electron chi connectivity index (χ3n) is 3.64. The van der Waals surface area contributed by atoms with Crippen LogP contribution < -0.4 is 4.72 Å². The van der Waals surface area contributed by atoms with Gasteiger partial charge < -0.3 is 9.64 Å². The van der Waals surface area contributed by atoms with Crippen molar-refractivity contribution in [2.75, 3.05) is 17.8 Å². The van der Waals surface area contributed by atoms with Crippen LogP contribution in [0, 0.1) is 0 Å². The number of amides is 1. The molecule has 0 atom stereocenters. The summed E-state index contributed by atoms with van der Waals surface area (Å²) in [5, 5.41) is -0.514. The first-order valence-electron chi connectivity index (χ1n) is 7.82. The maximum absolute atomic E-state index is 12.5. The quantitative estimate of drug-likeness (QED) is 0.813.